The zero-order valence-electron chi connectivity index (χ0n) is 10.6. The minimum absolute atomic E-state index is 0.00485. The van der Waals surface area contributed by atoms with Crippen LogP contribution in [0.5, 0.6) is 0 Å². The maximum atomic E-state index is 11.6. The van der Waals surface area contributed by atoms with E-state index in [1.165, 1.54) is 5.57 Å². The topological polar surface area (TPSA) is 65.2 Å². The molecule has 2 rings (SSSR count). The van der Waals surface area contributed by atoms with Crippen LogP contribution in [0.25, 0.3) is 5.57 Å². The fourth-order valence-electron chi connectivity index (χ4n) is 2.16. The van der Waals surface area contributed by atoms with Crippen LogP contribution in [0, 0.1) is 5.92 Å². The lowest BCUT2D eigenvalue weighted by Gasteiger charge is -2.20. The van der Waals surface area contributed by atoms with Crippen LogP contribution in [0.3, 0.4) is 0 Å². The molecule has 0 unspecified atom stereocenters. The van der Waals surface area contributed by atoms with Crippen molar-refractivity contribution in [1.29, 1.82) is 0 Å². The summed E-state index contributed by atoms with van der Waals surface area (Å²) < 4.78 is 5.04. The van der Waals surface area contributed by atoms with Crippen molar-refractivity contribution >= 4 is 17.2 Å². The number of nitrogens with zero attached hydrogens (tertiary/aromatic N) is 1. The molecular weight excluding hydrogens is 228 g/mol. The van der Waals surface area contributed by atoms with Gasteiger partial charge < -0.3 is 10.5 Å². The van der Waals surface area contributed by atoms with Crippen molar-refractivity contribution in [3.05, 3.63) is 30.1 Å². The number of anilines is 1. The summed E-state index contributed by atoms with van der Waals surface area (Å²) >= 11 is 0. The summed E-state index contributed by atoms with van der Waals surface area (Å²) in [6.07, 6.45) is 6.18. The molecule has 0 saturated carbocycles. The van der Waals surface area contributed by atoms with Crippen LogP contribution in [0.15, 0.2) is 24.4 Å². The Morgan fingerprint density at radius 3 is 3.06 bits per heavy atom. The molecule has 1 aliphatic carbocycles. The van der Waals surface area contributed by atoms with E-state index in [2.05, 4.69) is 11.1 Å². The molecule has 18 heavy (non-hydrogen) atoms. The number of allylic oxidation sites excluding steroid dienone is 2. The Hall–Kier alpha value is -1.84. The molecule has 1 atom stereocenters. The molecule has 0 spiro atoms. The van der Waals surface area contributed by atoms with E-state index >= 15 is 0 Å². The van der Waals surface area contributed by atoms with Crippen molar-refractivity contribution in [2.24, 2.45) is 5.92 Å². The minimum atomic E-state index is -0.0895. The van der Waals surface area contributed by atoms with Crippen LogP contribution in [0.2, 0.25) is 0 Å². The van der Waals surface area contributed by atoms with Crippen molar-refractivity contribution in [2.45, 2.75) is 26.2 Å². The Kier molecular flexibility index (Phi) is 3.97. The molecule has 96 valence electrons. The SMILES string of the molecule is CCOC(=O)[C@@H]1CC=C(c2cc(N)ccn2)CC1. The third-order valence-electron chi connectivity index (χ3n) is 3.14. The Bertz CT molecular complexity index is 469. The average Bonchev–Trinajstić information content (AvgIpc) is 2.39. The minimum Gasteiger partial charge on any atom is -0.466 e. The second-order valence-electron chi connectivity index (χ2n) is 4.43. The molecule has 1 aromatic rings. The number of rotatable bonds is 3. The lowest BCUT2D eigenvalue weighted by Crippen LogP contribution is -2.19. The number of carbonyl (C=O) groups excluding carboxylic acids is 1. The predicted molar refractivity (Wildman–Crippen MR) is 70.6 cm³/mol. The Labute approximate surface area is 107 Å². The molecule has 0 radical (unpaired) electrons. The van der Waals surface area contributed by atoms with E-state index in [0.29, 0.717) is 12.3 Å². The highest BCUT2D eigenvalue weighted by molar-refractivity contribution is 5.75. The van der Waals surface area contributed by atoms with Gasteiger partial charge in [0.25, 0.3) is 0 Å². The van der Waals surface area contributed by atoms with Gasteiger partial charge >= 0.3 is 5.97 Å². The number of carbonyl (C=O) groups is 1. The van der Waals surface area contributed by atoms with E-state index in [4.69, 9.17) is 10.5 Å². The fraction of sp³-hybridized carbons (Fsp3) is 0.429. The lowest BCUT2D eigenvalue weighted by atomic mass is 9.88. The highest BCUT2D eigenvalue weighted by atomic mass is 16.5. The van der Waals surface area contributed by atoms with E-state index in [0.717, 1.165) is 25.0 Å². The summed E-state index contributed by atoms with van der Waals surface area (Å²) in [7, 11) is 0. The molecule has 2 N–H and O–H groups in total. The van der Waals surface area contributed by atoms with Gasteiger partial charge in [0, 0.05) is 11.9 Å². The van der Waals surface area contributed by atoms with Gasteiger partial charge in [0.05, 0.1) is 18.2 Å². The van der Waals surface area contributed by atoms with E-state index < -0.39 is 0 Å². The number of hydrogen-bond donors (Lipinski definition) is 1. The van der Waals surface area contributed by atoms with Crippen molar-refractivity contribution < 1.29 is 9.53 Å². The first-order chi connectivity index (χ1) is 8.70. The quantitative estimate of drug-likeness (QED) is 0.832. The van der Waals surface area contributed by atoms with Gasteiger partial charge in [-0.15, -0.1) is 0 Å². The van der Waals surface area contributed by atoms with Gasteiger partial charge in [-0.25, -0.2) is 0 Å². The normalized spacial score (nSPS) is 19.2. The second-order valence-corrected chi connectivity index (χ2v) is 4.43. The summed E-state index contributed by atoms with van der Waals surface area (Å²) in [5.74, 6) is -0.0944. The van der Waals surface area contributed by atoms with Gasteiger partial charge in [0.1, 0.15) is 0 Å². The number of hydrogen-bond acceptors (Lipinski definition) is 4. The molecular formula is C14H18N2O2. The van der Waals surface area contributed by atoms with E-state index in [1.807, 2.05) is 13.0 Å². The smallest absolute Gasteiger partial charge is 0.309 e. The molecule has 0 fully saturated rings. The molecule has 0 saturated heterocycles. The molecule has 4 nitrogen and oxygen atoms in total. The predicted octanol–water partition coefficient (Wildman–Crippen LogP) is 2.41. The van der Waals surface area contributed by atoms with Gasteiger partial charge in [-0.1, -0.05) is 6.08 Å². The Morgan fingerprint density at radius 2 is 2.44 bits per heavy atom. The van der Waals surface area contributed by atoms with E-state index in [1.54, 1.807) is 12.3 Å². The van der Waals surface area contributed by atoms with E-state index in [9.17, 15) is 4.79 Å². The van der Waals surface area contributed by atoms with Gasteiger partial charge in [0.15, 0.2) is 0 Å². The summed E-state index contributed by atoms with van der Waals surface area (Å²) in [6, 6.07) is 3.64. The molecule has 0 aliphatic heterocycles. The molecule has 1 aliphatic rings. The zero-order chi connectivity index (χ0) is 13.0. The van der Waals surface area contributed by atoms with Crippen molar-refractivity contribution in [3.8, 4) is 0 Å². The third-order valence-corrected chi connectivity index (χ3v) is 3.14. The van der Waals surface area contributed by atoms with Gasteiger partial charge in [-0.3, -0.25) is 9.78 Å². The maximum absolute atomic E-state index is 11.6. The van der Waals surface area contributed by atoms with Crippen LogP contribution < -0.4 is 5.73 Å². The Balaban J connectivity index is 2.05. The molecule has 0 bridgehead atoms. The largest absolute Gasteiger partial charge is 0.466 e. The maximum Gasteiger partial charge on any atom is 0.309 e. The highest BCUT2D eigenvalue weighted by Crippen LogP contribution is 2.30. The van der Waals surface area contributed by atoms with Gasteiger partial charge in [0.2, 0.25) is 0 Å². The van der Waals surface area contributed by atoms with Crippen LogP contribution >= 0.6 is 0 Å². The lowest BCUT2D eigenvalue weighted by molar-refractivity contribution is -0.148. The van der Waals surface area contributed by atoms with Crippen molar-refractivity contribution in [2.75, 3.05) is 12.3 Å². The highest BCUT2D eigenvalue weighted by Gasteiger charge is 2.23. The fourth-order valence-corrected chi connectivity index (χ4v) is 2.16. The number of ether oxygens (including phenoxy) is 1. The van der Waals surface area contributed by atoms with Crippen LogP contribution in [-0.4, -0.2) is 17.6 Å². The summed E-state index contributed by atoms with van der Waals surface area (Å²) in [5, 5.41) is 0. The number of nitrogens with two attached hydrogens (primary N) is 1. The number of aromatic nitrogens is 1. The molecule has 4 heteroatoms. The van der Waals surface area contributed by atoms with Crippen molar-refractivity contribution in [3.63, 3.8) is 0 Å². The first kappa shape index (κ1) is 12.6. The standard InChI is InChI=1S/C14H18N2O2/c1-2-18-14(17)11-5-3-10(4-6-11)13-9-12(15)7-8-16-13/h3,7-9,11H,2,4-6H2,1H3,(H2,15,16)/t11-/m1/s1. The van der Waals surface area contributed by atoms with Crippen LogP contribution in [0.1, 0.15) is 31.9 Å². The van der Waals surface area contributed by atoms with Crippen LogP contribution in [-0.2, 0) is 9.53 Å². The molecule has 1 heterocycles. The molecule has 0 aromatic carbocycles. The number of nitrogen functional groups attached to an aromatic ring is 1. The van der Waals surface area contributed by atoms with Gasteiger partial charge in [-0.2, -0.15) is 0 Å². The van der Waals surface area contributed by atoms with Gasteiger partial charge in [-0.05, 0) is 43.9 Å². The first-order valence-electron chi connectivity index (χ1n) is 6.28. The monoisotopic (exact) mass is 246 g/mol. The number of esters is 1. The molecule has 0 amide bonds. The summed E-state index contributed by atoms with van der Waals surface area (Å²) in [6.45, 7) is 2.28. The zero-order valence-corrected chi connectivity index (χ0v) is 10.6. The molecule has 1 aromatic heterocycles. The number of pyridine rings is 1. The van der Waals surface area contributed by atoms with E-state index in [-0.39, 0.29) is 11.9 Å². The second kappa shape index (κ2) is 5.67. The summed E-state index contributed by atoms with van der Waals surface area (Å²) in [5.41, 5.74) is 8.54. The summed E-state index contributed by atoms with van der Waals surface area (Å²) in [4.78, 5) is 15.9. The Morgan fingerprint density at radius 1 is 1.61 bits per heavy atom. The van der Waals surface area contributed by atoms with Crippen molar-refractivity contribution in [1.82, 2.24) is 4.98 Å². The average molecular weight is 246 g/mol. The van der Waals surface area contributed by atoms with Crippen LogP contribution in [0.4, 0.5) is 5.69 Å². The third kappa shape index (κ3) is 2.88. The first-order valence-corrected chi connectivity index (χ1v) is 6.28.